The Bertz CT molecular complexity index is 446. The van der Waals surface area contributed by atoms with Gasteiger partial charge in [-0.3, -0.25) is 0 Å². The molecule has 1 heterocycles. The monoisotopic (exact) mass is 274 g/mol. The van der Waals surface area contributed by atoms with Crippen LogP contribution in [0.2, 0.25) is 0 Å². The van der Waals surface area contributed by atoms with Crippen LogP contribution >= 0.6 is 11.8 Å². The maximum atomic E-state index is 6.00. The van der Waals surface area contributed by atoms with Crippen LogP contribution in [0, 0.1) is 29.6 Å². The van der Waals surface area contributed by atoms with E-state index in [1.165, 1.54) is 31.4 Å². The van der Waals surface area contributed by atoms with Crippen molar-refractivity contribution in [1.82, 2.24) is 4.98 Å². The molecule has 4 aliphatic rings. The highest BCUT2D eigenvalue weighted by Crippen LogP contribution is 2.57. The summed E-state index contributed by atoms with van der Waals surface area (Å²) in [5, 5.41) is 1.04. The first-order chi connectivity index (χ1) is 9.29. The Labute approximate surface area is 119 Å². The highest BCUT2D eigenvalue weighted by atomic mass is 32.2. The normalized spacial score (nSPS) is 39.7. The first-order valence-electron chi connectivity index (χ1n) is 7.63. The smallest absolute Gasteiger partial charge is 0.119 e. The number of rotatable bonds is 3. The lowest BCUT2D eigenvalue weighted by Gasteiger charge is -2.54. The van der Waals surface area contributed by atoms with E-state index in [0.29, 0.717) is 0 Å². The van der Waals surface area contributed by atoms with E-state index in [4.69, 9.17) is 5.73 Å². The molecule has 4 fully saturated rings. The van der Waals surface area contributed by atoms with Crippen LogP contribution in [-0.4, -0.2) is 10.7 Å². The van der Waals surface area contributed by atoms with Crippen molar-refractivity contribution >= 4 is 17.4 Å². The number of pyridine rings is 1. The molecule has 0 spiro atoms. The Hall–Kier alpha value is -0.700. The van der Waals surface area contributed by atoms with Gasteiger partial charge >= 0.3 is 0 Å². The summed E-state index contributed by atoms with van der Waals surface area (Å²) in [5.74, 6) is 6.32. The van der Waals surface area contributed by atoms with Crippen molar-refractivity contribution < 1.29 is 0 Å². The molecule has 1 aromatic rings. The van der Waals surface area contributed by atoms with Gasteiger partial charge in [0.2, 0.25) is 0 Å². The molecular weight excluding hydrogens is 252 g/mol. The van der Waals surface area contributed by atoms with Crippen molar-refractivity contribution in [3.8, 4) is 0 Å². The van der Waals surface area contributed by atoms with Crippen LogP contribution in [0.3, 0.4) is 0 Å². The number of hydrogen-bond acceptors (Lipinski definition) is 3. The van der Waals surface area contributed by atoms with Gasteiger partial charge in [-0.2, -0.15) is 0 Å². The Morgan fingerprint density at radius 1 is 1.11 bits per heavy atom. The summed E-state index contributed by atoms with van der Waals surface area (Å²) in [6.45, 7) is 0. The van der Waals surface area contributed by atoms with Crippen LogP contribution in [-0.2, 0) is 0 Å². The second-order valence-electron chi connectivity index (χ2n) is 6.80. The van der Waals surface area contributed by atoms with Gasteiger partial charge in [0.15, 0.2) is 0 Å². The number of aromatic nitrogens is 1. The van der Waals surface area contributed by atoms with Gasteiger partial charge in [-0.05, 0) is 73.8 Å². The molecule has 102 valence electrons. The zero-order valence-corrected chi connectivity index (χ0v) is 12.1. The minimum absolute atomic E-state index is 0.844. The van der Waals surface area contributed by atoms with Crippen molar-refractivity contribution in [2.45, 2.75) is 37.1 Å². The van der Waals surface area contributed by atoms with Gasteiger partial charge in [-0.1, -0.05) is 0 Å². The maximum Gasteiger partial charge on any atom is 0.119 e. The molecule has 0 saturated heterocycles. The van der Waals surface area contributed by atoms with Crippen LogP contribution < -0.4 is 5.73 Å². The largest absolute Gasteiger partial charge is 0.397 e. The van der Waals surface area contributed by atoms with E-state index in [1.54, 1.807) is 6.42 Å². The Morgan fingerprint density at radius 3 is 2.42 bits per heavy atom. The van der Waals surface area contributed by atoms with Crippen molar-refractivity contribution in [3.05, 3.63) is 18.3 Å². The first kappa shape index (κ1) is 12.1. The molecule has 19 heavy (non-hydrogen) atoms. The van der Waals surface area contributed by atoms with E-state index in [9.17, 15) is 0 Å². The van der Waals surface area contributed by atoms with Gasteiger partial charge in [-0.15, -0.1) is 11.8 Å². The molecule has 2 nitrogen and oxygen atoms in total. The lowest BCUT2D eigenvalue weighted by Crippen LogP contribution is -2.45. The van der Waals surface area contributed by atoms with Crippen LogP contribution in [0.1, 0.15) is 32.1 Å². The Morgan fingerprint density at radius 2 is 1.79 bits per heavy atom. The average molecular weight is 274 g/mol. The number of anilines is 1. The summed E-state index contributed by atoms with van der Waals surface area (Å²) in [6, 6.07) is 3.88. The SMILES string of the molecule is Nc1cccnc1SCC1C2CC3CC(C2)CC1C3. The standard InChI is InChI=1S/C16H22N2S/c17-15-2-1-3-18-16(15)19-9-14-12-5-10-4-11(7-12)8-13(14)6-10/h1-3,10-14H,4-9,17H2. The summed E-state index contributed by atoms with van der Waals surface area (Å²) in [5.41, 5.74) is 6.84. The lowest BCUT2D eigenvalue weighted by molar-refractivity contribution is -0.0261. The van der Waals surface area contributed by atoms with E-state index in [0.717, 1.165) is 40.3 Å². The summed E-state index contributed by atoms with van der Waals surface area (Å²) in [6.07, 6.45) is 9.44. The van der Waals surface area contributed by atoms with E-state index < -0.39 is 0 Å². The topological polar surface area (TPSA) is 38.9 Å². The average Bonchev–Trinajstić information content (AvgIpc) is 2.39. The molecule has 4 aliphatic carbocycles. The second-order valence-corrected chi connectivity index (χ2v) is 7.81. The van der Waals surface area contributed by atoms with E-state index in [-0.39, 0.29) is 0 Å². The van der Waals surface area contributed by atoms with Gasteiger partial charge < -0.3 is 5.73 Å². The maximum absolute atomic E-state index is 6.00. The van der Waals surface area contributed by atoms with E-state index in [1.807, 2.05) is 30.1 Å². The van der Waals surface area contributed by atoms with Crippen molar-refractivity contribution in [2.24, 2.45) is 29.6 Å². The number of hydrogen-bond donors (Lipinski definition) is 1. The molecule has 5 rings (SSSR count). The summed E-state index contributed by atoms with van der Waals surface area (Å²) >= 11 is 1.89. The molecule has 1 aromatic heterocycles. The molecule has 0 aromatic carbocycles. The Kier molecular flexibility index (Phi) is 2.98. The Balaban J connectivity index is 1.45. The minimum atomic E-state index is 0.844. The van der Waals surface area contributed by atoms with Crippen LogP contribution in [0.5, 0.6) is 0 Å². The van der Waals surface area contributed by atoms with Gasteiger partial charge in [0.25, 0.3) is 0 Å². The van der Waals surface area contributed by atoms with Crippen LogP contribution in [0.25, 0.3) is 0 Å². The fourth-order valence-electron chi connectivity index (χ4n) is 5.01. The predicted octanol–water partition coefficient (Wildman–Crippen LogP) is 3.83. The summed E-state index contributed by atoms with van der Waals surface area (Å²) in [7, 11) is 0. The molecule has 0 unspecified atom stereocenters. The first-order valence-corrected chi connectivity index (χ1v) is 8.61. The number of nitrogens with zero attached hydrogens (tertiary/aromatic N) is 1. The molecular formula is C16H22N2S. The van der Waals surface area contributed by atoms with E-state index in [2.05, 4.69) is 4.98 Å². The zero-order chi connectivity index (χ0) is 12.8. The second kappa shape index (κ2) is 4.69. The fourth-order valence-corrected chi connectivity index (χ4v) is 6.27. The fraction of sp³-hybridized carbons (Fsp3) is 0.688. The summed E-state index contributed by atoms with van der Waals surface area (Å²) in [4.78, 5) is 4.42. The molecule has 0 aliphatic heterocycles. The minimum Gasteiger partial charge on any atom is -0.397 e. The quantitative estimate of drug-likeness (QED) is 0.851. The van der Waals surface area contributed by atoms with Gasteiger partial charge in [-0.25, -0.2) is 4.98 Å². The highest BCUT2D eigenvalue weighted by Gasteiger charge is 2.47. The predicted molar refractivity (Wildman–Crippen MR) is 79.9 cm³/mol. The van der Waals surface area contributed by atoms with Crippen LogP contribution in [0.4, 0.5) is 5.69 Å². The number of nitrogens with two attached hydrogens (primary N) is 1. The van der Waals surface area contributed by atoms with Crippen LogP contribution in [0.15, 0.2) is 23.4 Å². The molecule has 4 saturated carbocycles. The van der Waals surface area contributed by atoms with Crippen molar-refractivity contribution in [3.63, 3.8) is 0 Å². The van der Waals surface area contributed by atoms with Gasteiger partial charge in [0.05, 0.1) is 5.69 Å². The highest BCUT2D eigenvalue weighted by molar-refractivity contribution is 7.99. The zero-order valence-electron chi connectivity index (χ0n) is 11.3. The third-order valence-electron chi connectivity index (χ3n) is 5.64. The molecule has 3 heteroatoms. The molecule has 2 N–H and O–H groups in total. The molecule has 0 atom stereocenters. The third-order valence-corrected chi connectivity index (χ3v) is 6.80. The van der Waals surface area contributed by atoms with Crippen molar-refractivity contribution in [2.75, 3.05) is 11.5 Å². The molecule has 4 bridgehead atoms. The van der Waals surface area contributed by atoms with Gasteiger partial charge in [0, 0.05) is 11.9 Å². The number of nitrogen functional groups attached to an aromatic ring is 1. The van der Waals surface area contributed by atoms with E-state index >= 15 is 0 Å². The number of thioether (sulfide) groups is 1. The van der Waals surface area contributed by atoms with Gasteiger partial charge in [0.1, 0.15) is 5.03 Å². The lowest BCUT2D eigenvalue weighted by atomic mass is 9.52. The molecule has 0 amide bonds. The van der Waals surface area contributed by atoms with Crippen molar-refractivity contribution in [1.29, 1.82) is 0 Å². The summed E-state index contributed by atoms with van der Waals surface area (Å²) < 4.78 is 0. The molecule has 0 radical (unpaired) electrons. The third kappa shape index (κ3) is 2.16.